The van der Waals surface area contributed by atoms with Gasteiger partial charge in [0.25, 0.3) is 0 Å². The molecular formula is C23H19FN2O3. The fourth-order valence-electron chi connectivity index (χ4n) is 3.51. The summed E-state index contributed by atoms with van der Waals surface area (Å²) in [5, 5.41) is 9.18. The number of ether oxygens (including phenoxy) is 1. The molecule has 5 nitrogen and oxygen atoms in total. The first-order valence-corrected chi connectivity index (χ1v) is 9.36. The Labute approximate surface area is 167 Å². The standard InChI is InChI=1S/C23H19FN2O3/c24-20-10-2-1-5-16(20)14-29-17-7-3-6-15(11-17)18-8-4-9-19(18)21-12-25-13-22(26-21)23(27)28/h1-3,5-7,10-13H,4,8-9,14H2,(H,27,28). The topological polar surface area (TPSA) is 72.3 Å². The molecule has 6 heteroatoms. The second-order valence-corrected chi connectivity index (χ2v) is 6.81. The predicted octanol–water partition coefficient (Wildman–Crippen LogP) is 4.99. The van der Waals surface area contributed by atoms with Crippen LogP contribution in [0.3, 0.4) is 0 Å². The maximum absolute atomic E-state index is 13.8. The number of rotatable bonds is 6. The van der Waals surface area contributed by atoms with Gasteiger partial charge in [-0.15, -0.1) is 0 Å². The van der Waals surface area contributed by atoms with E-state index in [1.807, 2.05) is 24.3 Å². The van der Waals surface area contributed by atoms with Crippen molar-refractivity contribution in [3.8, 4) is 5.75 Å². The van der Waals surface area contributed by atoms with Crippen LogP contribution in [0.15, 0.2) is 60.9 Å². The Morgan fingerprint density at radius 3 is 2.72 bits per heavy atom. The summed E-state index contributed by atoms with van der Waals surface area (Å²) >= 11 is 0. The van der Waals surface area contributed by atoms with Crippen molar-refractivity contribution >= 4 is 17.1 Å². The molecule has 0 saturated heterocycles. The minimum atomic E-state index is -1.09. The maximum Gasteiger partial charge on any atom is 0.356 e. The lowest BCUT2D eigenvalue weighted by atomic mass is 10.00. The van der Waals surface area contributed by atoms with Gasteiger partial charge in [-0.25, -0.2) is 14.2 Å². The number of hydrogen-bond donors (Lipinski definition) is 1. The average molecular weight is 390 g/mol. The molecule has 0 radical (unpaired) electrons. The van der Waals surface area contributed by atoms with Crippen molar-refractivity contribution in [3.63, 3.8) is 0 Å². The van der Waals surface area contributed by atoms with E-state index in [9.17, 15) is 14.3 Å². The van der Waals surface area contributed by atoms with Crippen molar-refractivity contribution in [1.82, 2.24) is 9.97 Å². The smallest absolute Gasteiger partial charge is 0.356 e. The van der Waals surface area contributed by atoms with Gasteiger partial charge in [-0.3, -0.25) is 4.98 Å². The van der Waals surface area contributed by atoms with E-state index < -0.39 is 5.97 Å². The van der Waals surface area contributed by atoms with Gasteiger partial charge in [0.05, 0.1) is 18.1 Å². The molecular weight excluding hydrogens is 371 g/mol. The largest absolute Gasteiger partial charge is 0.489 e. The third-order valence-corrected chi connectivity index (χ3v) is 4.92. The number of halogens is 1. The molecule has 1 aromatic heterocycles. The zero-order valence-electron chi connectivity index (χ0n) is 15.6. The van der Waals surface area contributed by atoms with Crippen LogP contribution in [-0.4, -0.2) is 21.0 Å². The van der Waals surface area contributed by atoms with E-state index in [1.54, 1.807) is 24.4 Å². The Hall–Kier alpha value is -3.54. The van der Waals surface area contributed by atoms with Crippen LogP contribution in [0.25, 0.3) is 11.1 Å². The number of benzene rings is 2. The summed E-state index contributed by atoms with van der Waals surface area (Å²) in [5.41, 5.74) is 4.13. The van der Waals surface area contributed by atoms with Gasteiger partial charge in [0, 0.05) is 5.56 Å². The summed E-state index contributed by atoms with van der Waals surface area (Å²) in [6.45, 7) is 0.147. The molecule has 1 N–H and O–H groups in total. The van der Waals surface area contributed by atoms with Crippen molar-refractivity contribution < 1.29 is 19.0 Å². The molecule has 0 fully saturated rings. The molecule has 0 aliphatic heterocycles. The van der Waals surface area contributed by atoms with E-state index in [4.69, 9.17) is 4.74 Å². The minimum Gasteiger partial charge on any atom is -0.489 e. The Morgan fingerprint density at radius 2 is 1.90 bits per heavy atom. The second kappa shape index (κ2) is 8.22. The molecule has 0 amide bonds. The number of carbonyl (C=O) groups is 1. The van der Waals surface area contributed by atoms with E-state index in [1.165, 1.54) is 12.3 Å². The van der Waals surface area contributed by atoms with Crippen molar-refractivity contribution in [3.05, 3.63) is 89.3 Å². The lowest BCUT2D eigenvalue weighted by Crippen LogP contribution is -2.03. The Morgan fingerprint density at radius 1 is 1.07 bits per heavy atom. The van der Waals surface area contributed by atoms with Gasteiger partial charge < -0.3 is 9.84 Å². The molecule has 1 heterocycles. The fourth-order valence-corrected chi connectivity index (χ4v) is 3.51. The van der Waals surface area contributed by atoms with E-state index in [0.29, 0.717) is 17.0 Å². The molecule has 1 aliphatic carbocycles. The average Bonchev–Trinajstić information content (AvgIpc) is 3.23. The van der Waals surface area contributed by atoms with Crippen LogP contribution in [0.4, 0.5) is 4.39 Å². The monoisotopic (exact) mass is 390 g/mol. The highest BCUT2D eigenvalue weighted by Crippen LogP contribution is 2.39. The van der Waals surface area contributed by atoms with Crippen molar-refractivity contribution in [1.29, 1.82) is 0 Å². The van der Waals surface area contributed by atoms with Crippen LogP contribution in [-0.2, 0) is 6.61 Å². The number of carboxylic acids is 1. The first-order valence-electron chi connectivity index (χ1n) is 9.36. The Balaban J connectivity index is 1.61. The molecule has 0 spiro atoms. The molecule has 29 heavy (non-hydrogen) atoms. The number of carboxylic acid groups (broad SMARTS) is 1. The van der Waals surface area contributed by atoms with Crippen LogP contribution < -0.4 is 4.74 Å². The first kappa shape index (κ1) is 18.8. The number of aromatic carboxylic acids is 1. The Bertz CT molecular complexity index is 1090. The number of nitrogens with zero attached hydrogens (tertiary/aromatic N) is 2. The predicted molar refractivity (Wildman–Crippen MR) is 107 cm³/mol. The zero-order valence-corrected chi connectivity index (χ0v) is 15.6. The van der Waals surface area contributed by atoms with Crippen molar-refractivity contribution in [2.24, 2.45) is 0 Å². The van der Waals surface area contributed by atoms with Gasteiger partial charge in [-0.1, -0.05) is 30.3 Å². The fraction of sp³-hybridized carbons (Fsp3) is 0.174. The highest BCUT2D eigenvalue weighted by atomic mass is 19.1. The van der Waals surface area contributed by atoms with E-state index >= 15 is 0 Å². The molecule has 4 rings (SSSR count). The molecule has 0 bridgehead atoms. The summed E-state index contributed by atoms with van der Waals surface area (Å²) in [4.78, 5) is 19.5. The Kier molecular flexibility index (Phi) is 5.33. The normalized spacial score (nSPS) is 13.6. The van der Waals surface area contributed by atoms with Gasteiger partial charge >= 0.3 is 5.97 Å². The molecule has 3 aromatic rings. The van der Waals surface area contributed by atoms with Crippen LogP contribution in [0.1, 0.15) is 46.6 Å². The van der Waals surface area contributed by atoms with E-state index in [2.05, 4.69) is 9.97 Å². The second-order valence-electron chi connectivity index (χ2n) is 6.81. The minimum absolute atomic E-state index is 0.0665. The molecule has 0 saturated carbocycles. The third-order valence-electron chi connectivity index (χ3n) is 4.92. The SMILES string of the molecule is O=C(O)c1cncc(C2=C(c3cccc(OCc4ccccc4F)c3)CCC2)n1. The van der Waals surface area contributed by atoms with Crippen LogP contribution in [0, 0.1) is 5.82 Å². The first-order chi connectivity index (χ1) is 14.1. The van der Waals surface area contributed by atoms with Crippen LogP contribution in [0.2, 0.25) is 0 Å². The zero-order chi connectivity index (χ0) is 20.2. The molecule has 0 unspecified atom stereocenters. The summed E-state index contributed by atoms with van der Waals surface area (Å²) in [6.07, 6.45) is 5.49. The summed E-state index contributed by atoms with van der Waals surface area (Å²) in [7, 11) is 0. The number of allylic oxidation sites excluding steroid dienone is 2. The van der Waals surface area contributed by atoms with Crippen molar-refractivity contribution in [2.75, 3.05) is 0 Å². The van der Waals surface area contributed by atoms with Crippen molar-refractivity contribution in [2.45, 2.75) is 25.9 Å². The van der Waals surface area contributed by atoms with Gasteiger partial charge in [0.1, 0.15) is 18.2 Å². The van der Waals surface area contributed by atoms with Gasteiger partial charge in [0.2, 0.25) is 0 Å². The van der Waals surface area contributed by atoms with Crippen LogP contribution in [0.5, 0.6) is 5.75 Å². The highest BCUT2D eigenvalue weighted by Gasteiger charge is 2.20. The summed E-state index contributed by atoms with van der Waals surface area (Å²) < 4.78 is 19.6. The quantitative estimate of drug-likeness (QED) is 0.642. The highest BCUT2D eigenvalue weighted by molar-refractivity contribution is 5.93. The van der Waals surface area contributed by atoms with Crippen LogP contribution >= 0.6 is 0 Å². The molecule has 0 atom stereocenters. The van der Waals surface area contributed by atoms with E-state index in [-0.39, 0.29) is 18.1 Å². The molecule has 2 aromatic carbocycles. The third kappa shape index (κ3) is 4.16. The number of aromatic nitrogens is 2. The lowest BCUT2D eigenvalue weighted by Gasteiger charge is -2.11. The van der Waals surface area contributed by atoms with E-state index in [0.717, 1.165) is 36.0 Å². The number of hydrogen-bond acceptors (Lipinski definition) is 4. The van der Waals surface area contributed by atoms with Gasteiger partial charge in [-0.05, 0) is 54.2 Å². The summed E-state index contributed by atoms with van der Waals surface area (Å²) in [5.74, 6) is -0.737. The molecule has 1 aliphatic rings. The molecule has 146 valence electrons. The van der Waals surface area contributed by atoms with Gasteiger partial charge in [0.15, 0.2) is 5.69 Å². The van der Waals surface area contributed by atoms with Gasteiger partial charge in [-0.2, -0.15) is 0 Å². The summed E-state index contributed by atoms with van der Waals surface area (Å²) in [6, 6.07) is 14.2. The lowest BCUT2D eigenvalue weighted by molar-refractivity contribution is 0.0690. The maximum atomic E-state index is 13.8.